The standard InChI is InChI=1S/C22H31F3N2O4/c1-13(14-6-9-16(10-7-14)27-20(29)31-21(2,3)4)26-18-12-15(19(28)30-5)8-11-17(18)22(23,24)25/h8,11-14,16,26H,6-7,9-10H2,1-5H3,(H,27,29)/t13-,14?,16?/m1/s1. The molecular weight excluding hydrogens is 413 g/mol. The summed E-state index contributed by atoms with van der Waals surface area (Å²) in [6, 6.07) is 2.91. The van der Waals surface area contributed by atoms with Gasteiger partial charge in [-0.1, -0.05) is 0 Å². The van der Waals surface area contributed by atoms with Gasteiger partial charge in [0.05, 0.1) is 18.2 Å². The van der Waals surface area contributed by atoms with Crippen molar-refractivity contribution in [3.63, 3.8) is 0 Å². The van der Waals surface area contributed by atoms with E-state index in [1.54, 1.807) is 20.8 Å². The summed E-state index contributed by atoms with van der Waals surface area (Å²) in [5, 5.41) is 5.81. The van der Waals surface area contributed by atoms with Crippen LogP contribution in [0.2, 0.25) is 0 Å². The number of esters is 1. The van der Waals surface area contributed by atoms with Crippen molar-refractivity contribution in [1.29, 1.82) is 0 Å². The number of methoxy groups -OCH3 is 1. The van der Waals surface area contributed by atoms with Crippen molar-refractivity contribution in [3.05, 3.63) is 29.3 Å². The van der Waals surface area contributed by atoms with Gasteiger partial charge in [0.2, 0.25) is 0 Å². The van der Waals surface area contributed by atoms with Gasteiger partial charge in [0, 0.05) is 17.8 Å². The minimum atomic E-state index is -4.55. The molecule has 2 N–H and O–H groups in total. The fraction of sp³-hybridized carbons (Fsp3) is 0.636. The van der Waals surface area contributed by atoms with Crippen LogP contribution in [0.4, 0.5) is 23.7 Å². The summed E-state index contributed by atoms with van der Waals surface area (Å²) < 4.78 is 50.2. The molecule has 31 heavy (non-hydrogen) atoms. The number of ether oxygens (including phenoxy) is 2. The molecule has 0 aromatic heterocycles. The van der Waals surface area contributed by atoms with Crippen LogP contribution in [0, 0.1) is 5.92 Å². The first-order valence-electron chi connectivity index (χ1n) is 10.4. The van der Waals surface area contributed by atoms with Gasteiger partial charge in [0.25, 0.3) is 0 Å². The molecule has 6 nitrogen and oxygen atoms in total. The van der Waals surface area contributed by atoms with Gasteiger partial charge in [0.1, 0.15) is 5.60 Å². The van der Waals surface area contributed by atoms with Crippen LogP contribution in [-0.4, -0.2) is 36.9 Å². The summed E-state index contributed by atoms with van der Waals surface area (Å²) >= 11 is 0. The Hall–Kier alpha value is -2.45. The normalized spacial score (nSPS) is 20.5. The van der Waals surface area contributed by atoms with E-state index in [2.05, 4.69) is 15.4 Å². The van der Waals surface area contributed by atoms with E-state index in [1.165, 1.54) is 13.2 Å². The quantitative estimate of drug-likeness (QED) is 0.597. The Labute approximate surface area is 180 Å². The zero-order valence-electron chi connectivity index (χ0n) is 18.6. The van der Waals surface area contributed by atoms with E-state index in [0.717, 1.165) is 25.0 Å². The molecule has 0 saturated heterocycles. The molecule has 0 heterocycles. The maximum absolute atomic E-state index is 13.4. The molecule has 1 aliphatic rings. The molecule has 174 valence electrons. The van der Waals surface area contributed by atoms with Crippen molar-refractivity contribution < 1.29 is 32.2 Å². The second-order valence-corrected chi connectivity index (χ2v) is 8.94. The molecular formula is C22H31F3N2O4. The second kappa shape index (κ2) is 9.78. The van der Waals surface area contributed by atoms with Gasteiger partial charge in [-0.2, -0.15) is 13.2 Å². The Bertz CT molecular complexity index is 782. The van der Waals surface area contributed by atoms with E-state index in [0.29, 0.717) is 12.8 Å². The summed E-state index contributed by atoms with van der Waals surface area (Å²) in [7, 11) is 1.18. The van der Waals surface area contributed by atoms with Gasteiger partial charge in [-0.3, -0.25) is 0 Å². The first kappa shape index (κ1) is 24.8. The van der Waals surface area contributed by atoms with Crippen molar-refractivity contribution in [1.82, 2.24) is 5.32 Å². The van der Waals surface area contributed by atoms with Crippen LogP contribution in [0.15, 0.2) is 18.2 Å². The first-order valence-corrected chi connectivity index (χ1v) is 10.4. The summed E-state index contributed by atoms with van der Waals surface area (Å²) in [6.07, 6.45) is -2.10. The topological polar surface area (TPSA) is 76.7 Å². The molecule has 1 amide bonds. The molecule has 9 heteroatoms. The lowest BCUT2D eigenvalue weighted by molar-refractivity contribution is -0.137. The number of halogens is 3. The van der Waals surface area contributed by atoms with E-state index in [4.69, 9.17) is 4.74 Å². The third-order valence-electron chi connectivity index (χ3n) is 5.33. The van der Waals surface area contributed by atoms with Crippen molar-refractivity contribution >= 4 is 17.7 Å². The van der Waals surface area contributed by atoms with Crippen molar-refractivity contribution in [3.8, 4) is 0 Å². The maximum atomic E-state index is 13.4. The van der Waals surface area contributed by atoms with Crippen LogP contribution < -0.4 is 10.6 Å². The molecule has 1 aromatic carbocycles. The number of nitrogens with one attached hydrogen (secondary N) is 2. The van der Waals surface area contributed by atoms with Gasteiger partial charge in [-0.05, 0) is 77.5 Å². The molecule has 2 rings (SSSR count). The number of hydrogen-bond acceptors (Lipinski definition) is 5. The van der Waals surface area contributed by atoms with Crippen LogP contribution in [-0.2, 0) is 15.7 Å². The minimum Gasteiger partial charge on any atom is -0.465 e. The van der Waals surface area contributed by atoms with Gasteiger partial charge in [-0.15, -0.1) is 0 Å². The molecule has 1 atom stereocenters. The third-order valence-corrected chi connectivity index (χ3v) is 5.33. The van der Waals surface area contributed by atoms with Crippen LogP contribution >= 0.6 is 0 Å². The molecule has 0 unspecified atom stereocenters. The number of alkyl halides is 3. The van der Waals surface area contributed by atoms with E-state index in [9.17, 15) is 22.8 Å². The fourth-order valence-electron chi connectivity index (χ4n) is 3.76. The number of rotatable bonds is 5. The number of benzene rings is 1. The lowest BCUT2D eigenvalue weighted by Crippen LogP contribution is -2.42. The van der Waals surface area contributed by atoms with E-state index in [-0.39, 0.29) is 29.3 Å². The molecule has 0 aliphatic heterocycles. The summed E-state index contributed by atoms with van der Waals surface area (Å²) in [6.45, 7) is 7.21. The number of carbonyl (C=O) groups excluding carboxylic acids is 2. The van der Waals surface area contributed by atoms with Crippen LogP contribution in [0.3, 0.4) is 0 Å². The zero-order chi connectivity index (χ0) is 23.4. The lowest BCUT2D eigenvalue weighted by atomic mass is 9.82. The Morgan fingerprint density at radius 2 is 1.71 bits per heavy atom. The molecule has 0 bridgehead atoms. The largest absolute Gasteiger partial charge is 0.465 e. The highest BCUT2D eigenvalue weighted by atomic mass is 19.4. The zero-order valence-corrected chi connectivity index (χ0v) is 18.6. The summed E-state index contributed by atoms with van der Waals surface area (Å²) in [4.78, 5) is 23.7. The predicted octanol–water partition coefficient (Wildman–Crippen LogP) is 5.38. The van der Waals surface area contributed by atoms with Gasteiger partial charge < -0.3 is 20.1 Å². The molecule has 1 aliphatic carbocycles. The number of hydrogen-bond donors (Lipinski definition) is 2. The Morgan fingerprint density at radius 1 is 1.10 bits per heavy atom. The van der Waals surface area contributed by atoms with E-state index >= 15 is 0 Å². The predicted molar refractivity (Wildman–Crippen MR) is 111 cm³/mol. The van der Waals surface area contributed by atoms with E-state index < -0.39 is 29.4 Å². The highest BCUT2D eigenvalue weighted by molar-refractivity contribution is 5.90. The second-order valence-electron chi connectivity index (χ2n) is 8.94. The van der Waals surface area contributed by atoms with Gasteiger partial charge >= 0.3 is 18.2 Å². The summed E-state index contributed by atoms with van der Waals surface area (Å²) in [5.74, 6) is -0.572. The smallest absolute Gasteiger partial charge is 0.418 e. The number of alkyl carbamates (subject to hydrolysis) is 1. The van der Waals surface area contributed by atoms with Crippen LogP contribution in [0.25, 0.3) is 0 Å². The molecule has 0 radical (unpaired) electrons. The molecule has 1 saturated carbocycles. The van der Waals surface area contributed by atoms with E-state index in [1.807, 2.05) is 6.92 Å². The van der Waals surface area contributed by atoms with Crippen molar-refractivity contribution in [2.45, 2.75) is 77.2 Å². The van der Waals surface area contributed by atoms with Gasteiger partial charge in [0.15, 0.2) is 0 Å². The number of amides is 1. The molecule has 1 fully saturated rings. The van der Waals surface area contributed by atoms with Crippen molar-refractivity contribution in [2.24, 2.45) is 5.92 Å². The summed E-state index contributed by atoms with van der Waals surface area (Å²) in [5.41, 5.74) is -1.49. The molecule has 1 aromatic rings. The van der Waals surface area contributed by atoms with Crippen LogP contribution in [0.5, 0.6) is 0 Å². The molecule has 0 spiro atoms. The third kappa shape index (κ3) is 7.33. The Balaban J connectivity index is 2.02. The number of anilines is 1. The Kier molecular flexibility index (Phi) is 7.83. The maximum Gasteiger partial charge on any atom is 0.418 e. The number of carbonyl (C=O) groups is 2. The minimum absolute atomic E-state index is 0.0216. The Morgan fingerprint density at radius 3 is 2.23 bits per heavy atom. The highest BCUT2D eigenvalue weighted by Gasteiger charge is 2.35. The fourth-order valence-corrected chi connectivity index (χ4v) is 3.76. The SMILES string of the molecule is COC(=O)c1ccc(C(F)(F)F)c(N[C@H](C)C2CCC(NC(=O)OC(C)(C)C)CC2)c1. The monoisotopic (exact) mass is 444 g/mol. The first-order chi connectivity index (χ1) is 14.3. The van der Waals surface area contributed by atoms with Crippen LogP contribution in [0.1, 0.15) is 69.3 Å². The average Bonchev–Trinajstić information content (AvgIpc) is 2.65. The highest BCUT2D eigenvalue weighted by Crippen LogP contribution is 2.37. The average molecular weight is 444 g/mol. The van der Waals surface area contributed by atoms with Gasteiger partial charge in [-0.25, -0.2) is 9.59 Å². The lowest BCUT2D eigenvalue weighted by Gasteiger charge is -2.34. The van der Waals surface area contributed by atoms with Crippen molar-refractivity contribution in [2.75, 3.05) is 12.4 Å².